The van der Waals surface area contributed by atoms with E-state index >= 15 is 0 Å². The number of hydrogen-bond donors (Lipinski definition) is 4. The molecular formula is C26H29N3O6S. The average Bonchev–Trinajstić information content (AvgIpc) is 2.87. The Morgan fingerprint density at radius 3 is 2.36 bits per heavy atom. The van der Waals surface area contributed by atoms with Crippen molar-refractivity contribution in [2.75, 3.05) is 19.0 Å². The van der Waals surface area contributed by atoms with E-state index in [1.807, 2.05) is 6.92 Å². The van der Waals surface area contributed by atoms with Crippen molar-refractivity contribution in [3.8, 4) is 16.9 Å². The lowest BCUT2D eigenvalue weighted by Gasteiger charge is -2.19. The predicted octanol–water partition coefficient (Wildman–Crippen LogP) is 4.39. The molecule has 0 spiro atoms. The number of carbonyl (C=O) groups is 2. The number of methoxy groups -OCH3 is 1. The standard InChI is InChI=1S/C26H29N3O6S/c1-3-14-27-26(32)28-21-11-7-10-19(15-21)20-12-13-23(35-2)24(16-20)36(33,34)29-22(17-25(30)31)18-8-5-4-6-9-18/h4-13,15-16,22,29H,3,14,17H2,1-2H3,(H,30,31)(H2,27,28,32)/t22-/m1/s1. The Labute approximate surface area is 210 Å². The molecule has 0 aromatic heterocycles. The lowest BCUT2D eigenvalue weighted by Crippen LogP contribution is -2.30. The van der Waals surface area contributed by atoms with Crippen molar-refractivity contribution in [2.24, 2.45) is 0 Å². The molecule has 0 saturated carbocycles. The number of carboxylic acid groups (broad SMARTS) is 1. The van der Waals surface area contributed by atoms with Crippen molar-refractivity contribution in [2.45, 2.75) is 30.7 Å². The molecule has 1 atom stereocenters. The molecule has 2 amide bonds. The number of hydrogen-bond acceptors (Lipinski definition) is 5. The molecule has 0 aliphatic heterocycles. The molecular weight excluding hydrogens is 482 g/mol. The highest BCUT2D eigenvalue weighted by molar-refractivity contribution is 7.89. The van der Waals surface area contributed by atoms with Gasteiger partial charge in [-0.15, -0.1) is 0 Å². The van der Waals surface area contributed by atoms with Crippen molar-refractivity contribution in [3.63, 3.8) is 0 Å². The van der Waals surface area contributed by atoms with Gasteiger partial charge >= 0.3 is 12.0 Å². The molecule has 4 N–H and O–H groups in total. The Morgan fingerprint density at radius 2 is 1.69 bits per heavy atom. The van der Waals surface area contributed by atoms with Crippen molar-refractivity contribution in [1.29, 1.82) is 0 Å². The number of anilines is 1. The number of amides is 2. The van der Waals surface area contributed by atoms with Crippen molar-refractivity contribution in [3.05, 3.63) is 78.4 Å². The van der Waals surface area contributed by atoms with Gasteiger partial charge in [-0.2, -0.15) is 0 Å². The van der Waals surface area contributed by atoms with Crippen LogP contribution >= 0.6 is 0 Å². The van der Waals surface area contributed by atoms with E-state index in [0.717, 1.165) is 6.42 Å². The maximum absolute atomic E-state index is 13.4. The number of urea groups is 1. The zero-order valence-corrected chi connectivity index (χ0v) is 20.8. The van der Waals surface area contributed by atoms with Crippen LogP contribution in [0, 0.1) is 0 Å². The normalized spacial score (nSPS) is 11.9. The lowest BCUT2D eigenvalue weighted by atomic mass is 10.0. The Balaban J connectivity index is 1.94. The molecule has 3 aromatic rings. The van der Waals surface area contributed by atoms with E-state index in [0.29, 0.717) is 28.9 Å². The fraction of sp³-hybridized carbons (Fsp3) is 0.231. The Bertz CT molecular complexity index is 1310. The van der Waals surface area contributed by atoms with E-state index in [4.69, 9.17) is 4.74 Å². The smallest absolute Gasteiger partial charge is 0.319 e. The van der Waals surface area contributed by atoms with Crippen LogP contribution in [0.5, 0.6) is 5.75 Å². The summed E-state index contributed by atoms with van der Waals surface area (Å²) in [6, 6.07) is 18.9. The van der Waals surface area contributed by atoms with E-state index < -0.39 is 28.5 Å². The first-order valence-corrected chi connectivity index (χ1v) is 12.8. The summed E-state index contributed by atoms with van der Waals surface area (Å²) < 4.78 is 34.7. The molecule has 190 valence electrons. The zero-order chi connectivity index (χ0) is 26.1. The summed E-state index contributed by atoms with van der Waals surface area (Å²) in [5.41, 5.74) is 2.32. The summed E-state index contributed by atoms with van der Waals surface area (Å²) >= 11 is 0. The van der Waals surface area contributed by atoms with E-state index in [2.05, 4.69) is 15.4 Å². The van der Waals surface area contributed by atoms with Crippen LogP contribution in [0.4, 0.5) is 10.5 Å². The Hall–Kier alpha value is -3.89. The number of benzene rings is 3. The van der Waals surface area contributed by atoms with Gasteiger partial charge in [0.2, 0.25) is 10.0 Å². The summed E-state index contributed by atoms with van der Waals surface area (Å²) in [5.74, 6) is -1.03. The molecule has 0 heterocycles. The molecule has 3 rings (SSSR count). The minimum absolute atomic E-state index is 0.113. The predicted molar refractivity (Wildman–Crippen MR) is 137 cm³/mol. The first-order valence-electron chi connectivity index (χ1n) is 11.4. The van der Waals surface area contributed by atoms with Crippen molar-refractivity contribution < 1.29 is 27.9 Å². The van der Waals surface area contributed by atoms with Crippen LogP contribution in [0.2, 0.25) is 0 Å². The van der Waals surface area contributed by atoms with Gasteiger partial charge in [0.05, 0.1) is 19.6 Å². The van der Waals surface area contributed by atoms with Gasteiger partial charge < -0.3 is 20.5 Å². The van der Waals surface area contributed by atoms with E-state index in [9.17, 15) is 23.1 Å². The van der Waals surface area contributed by atoms with Crippen LogP contribution in [-0.4, -0.2) is 39.2 Å². The molecule has 0 saturated heterocycles. The third kappa shape index (κ3) is 7.06. The third-order valence-corrected chi connectivity index (χ3v) is 6.81. The fourth-order valence-corrected chi connectivity index (χ4v) is 5.01. The first-order chi connectivity index (χ1) is 17.2. The van der Waals surface area contributed by atoms with Gasteiger partial charge in [-0.3, -0.25) is 4.79 Å². The summed E-state index contributed by atoms with van der Waals surface area (Å²) in [4.78, 5) is 23.3. The van der Waals surface area contributed by atoms with Crippen LogP contribution < -0.4 is 20.1 Å². The second kappa shape index (κ2) is 12.2. The number of carbonyl (C=O) groups excluding carboxylic acids is 1. The summed E-state index contributed by atoms with van der Waals surface area (Å²) in [7, 11) is -2.82. The number of carboxylic acids is 1. The lowest BCUT2D eigenvalue weighted by molar-refractivity contribution is -0.137. The molecule has 0 radical (unpaired) electrons. The summed E-state index contributed by atoms with van der Waals surface area (Å²) in [6.45, 7) is 2.50. The molecule has 0 bridgehead atoms. The van der Waals surface area contributed by atoms with Gasteiger partial charge in [0, 0.05) is 12.2 Å². The van der Waals surface area contributed by atoms with E-state index in [1.165, 1.54) is 19.2 Å². The highest BCUT2D eigenvalue weighted by Gasteiger charge is 2.26. The third-order valence-electron chi connectivity index (χ3n) is 5.32. The molecule has 0 aliphatic rings. The fourth-order valence-electron chi connectivity index (χ4n) is 3.59. The quantitative estimate of drug-likeness (QED) is 0.302. The zero-order valence-electron chi connectivity index (χ0n) is 20.0. The highest BCUT2D eigenvalue weighted by Crippen LogP contribution is 2.32. The van der Waals surface area contributed by atoms with Gasteiger partial charge in [0.15, 0.2) is 0 Å². The molecule has 0 unspecified atom stereocenters. The van der Waals surface area contributed by atoms with Crippen molar-refractivity contribution in [1.82, 2.24) is 10.0 Å². The number of nitrogens with one attached hydrogen (secondary N) is 3. The summed E-state index contributed by atoms with van der Waals surface area (Å²) in [6.07, 6.45) is 0.376. The van der Waals surface area contributed by atoms with Gasteiger partial charge in [-0.25, -0.2) is 17.9 Å². The number of sulfonamides is 1. The largest absolute Gasteiger partial charge is 0.495 e. The second-order valence-electron chi connectivity index (χ2n) is 8.01. The number of ether oxygens (including phenoxy) is 1. The van der Waals surface area contributed by atoms with Crippen LogP contribution in [0.15, 0.2) is 77.7 Å². The maximum atomic E-state index is 13.4. The monoisotopic (exact) mass is 511 g/mol. The molecule has 3 aromatic carbocycles. The molecule has 9 nitrogen and oxygen atoms in total. The van der Waals surface area contributed by atoms with Gasteiger partial charge in [-0.1, -0.05) is 55.5 Å². The SMILES string of the molecule is CCCNC(=O)Nc1cccc(-c2ccc(OC)c(S(=O)(=O)N[C@H](CC(=O)O)c3ccccc3)c2)c1. The maximum Gasteiger partial charge on any atom is 0.319 e. The van der Waals surface area contributed by atoms with Gasteiger partial charge in [0.1, 0.15) is 10.6 Å². The van der Waals surface area contributed by atoms with Gasteiger partial charge in [0.25, 0.3) is 0 Å². The second-order valence-corrected chi connectivity index (χ2v) is 9.69. The van der Waals surface area contributed by atoms with E-state index in [1.54, 1.807) is 60.7 Å². The minimum atomic E-state index is -4.18. The molecule has 36 heavy (non-hydrogen) atoms. The molecule has 10 heteroatoms. The molecule has 0 aliphatic carbocycles. The first kappa shape index (κ1) is 26.7. The summed E-state index contributed by atoms with van der Waals surface area (Å²) in [5, 5.41) is 14.8. The van der Waals surface area contributed by atoms with E-state index in [-0.39, 0.29) is 16.7 Å². The average molecular weight is 512 g/mol. The number of rotatable bonds is 11. The highest BCUT2D eigenvalue weighted by atomic mass is 32.2. The van der Waals surface area contributed by atoms with Crippen LogP contribution in [0.25, 0.3) is 11.1 Å². The van der Waals surface area contributed by atoms with Gasteiger partial charge in [-0.05, 0) is 47.4 Å². The number of aliphatic carboxylic acids is 1. The van der Waals surface area contributed by atoms with Crippen LogP contribution in [0.3, 0.4) is 0 Å². The van der Waals surface area contributed by atoms with Crippen LogP contribution in [0.1, 0.15) is 31.4 Å². The topological polar surface area (TPSA) is 134 Å². The Kier molecular flexibility index (Phi) is 9.04. The molecule has 0 fully saturated rings. The van der Waals surface area contributed by atoms with Crippen molar-refractivity contribution >= 4 is 27.7 Å². The minimum Gasteiger partial charge on any atom is -0.495 e. The van der Waals surface area contributed by atoms with Crippen LogP contribution in [-0.2, 0) is 14.8 Å². The Morgan fingerprint density at radius 1 is 0.972 bits per heavy atom.